The lowest BCUT2D eigenvalue weighted by molar-refractivity contribution is -0.136. The topological polar surface area (TPSA) is 79.1 Å². The van der Waals surface area contributed by atoms with Crippen molar-refractivity contribution in [3.8, 4) is 11.5 Å². The number of nitrogens with zero attached hydrogens (tertiary/aromatic N) is 2. The largest absolute Gasteiger partial charge is 0.493 e. The maximum atomic E-state index is 13.7. The monoisotopic (exact) mass is 560 g/mol. The number of halogens is 1. The van der Waals surface area contributed by atoms with Gasteiger partial charge in [-0.15, -0.1) is 0 Å². The molecule has 0 fully saturated rings. The number of carbonyl (C=O) groups excluding carboxylic acids is 1. The van der Waals surface area contributed by atoms with Gasteiger partial charge in [-0.05, 0) is 54.0 Å². The number of aromatic nitrogens is 1. The van der Waals surface area contributed by atoms with Gasteiger partial charge in [-0.2, -0.15) is 0 Å². The van der Waals surface area contributed by atoms with E-state index in [2.05, 4.69) is 4.99 Å². The second-order valence-corrected chi connectivity index (χ2v) is 10.3. The van der Waals surface area contributed by atoms with Crippen molar-refractivity contribution in [3.63, 3.8) is 0 Å². The second kappa shape index (κ2) is 11.3. The first-order chi connectivity index (χ1) is 18.9. The fourth-order valence-corrected chi connectivity index (χ4v) is 5.60. The third-order valence-corrected chi connectivity index (χ3v) is 7.57. The Morgan fingerprint density at radius 1 is 1.05 bits per heavy atom. The highest BCUT2D eigenvalue weighted by atomic mass is 35.5. The van der Waals surface area contributed by atoms with Gasteiger partial charge in [0.15, 0.2) is 16.3 Å². The van der Waals surface area contributed by atoms with Gasteiger partial charge in [0.05, 0.1) is 36.1 Å². The van der Waals surface area contributed by atoms with Crippen molar-refractivity contribution in [2.45, 2.75) is 19.6 Å². The summed E-state index contributed by atoms with van der Waals surface area (Å²) in [7, 11) is 2.89. The molecule has 39 heavy (non-hydrogen) atoms. The van der Waals surface area contributed by atoms with Crippen LogP contribution in [0, 0.1) is 0 Å². The van der Waals surface area contributed by atoms with E-state index >= 15 is 0 Å². The molecule has 0 spiro atoms. The molecule has 1 aliphatic rings. The summed E-state index contributed by atoms with van der Waals surface area (Å²) in [6.45, 7) is 2.11. The first kappa shape index (κ1) is 26.5. The number of hydrogen-bond donors (Lipinski definition) is 0. The van der Waals surface area contributed by atoms with Gasteiger partial charge in [0.1, 0.15) is 6.61 Å². The van der Waals surface area contributed by atoms with E-state index in [4.69, 9.17) is 25.8 Å². The zero-order valence-electron chi connectivity index (χ0n) is 21.5. The number of esters is 1. The molecule has 0 saturated carbocycles. The highest BCUT2D eigenvalue weighted by Crippen LogP contribution is 2.31. The smallest absolute Gasteiger partial charge is 0.338 e. The molecular weight excluding hydrogens is 536 g/mol. The van der Waals surface area contributed by atoms with Crippen LogP contribution < -0.4 is 24.4 Å². The standard InChI is InChI=1S/C30H25ClN2O5S/c1-18-26(29(35)37-3)27(21-7-5-4-6-8-21)33-28(34)25(39-30(33)32-18)16-20-11-14-23(24(15-20)36-2)38-17-19-9-12-22(31)13-10-19/h4-16,27H,17H2,1-3H3/b25-16-/t27-/m0/s1. The van der Waals surface area contributed by atoms with Crippen LogP contribution >= 0.6 is 22.9 Å². The molecule has 198 valence electrons. The van der Waals surface area contributed by atoms with Crippen LogP contribution in [0.15, 0.2) is 93.9 Å². The molecule has 0 radical (unpaired) electrons. The molecule has 5 rings (SSSR count). The fraction of sp³-hybridized carbons (Fsp3) is 0.167. The molecule has 1 aliphatic heterocycles. The van der Waals surface area contributed by atoms with Gasteiger partial charge in [0.25, 0.3) is 5.56 Å². The molecule has 0 amide bonds. The molecular formula is C30H25ClN2O5S. The Labute approximate surface area is 233 Å². The number of hydrogen-bond acceptors (Lipinski definition) is 7. The Hall–Kier alpha value is -4.14. The average Bonchev–Trinajstić information content (AvgIpc) is 3.26. The van der Waals surface area contributed by atoms with Gasteiger partial charge < -0.3 is 14.2 Å². The summed E-state index contributed by atoms with van der Waals surface area (Å²) < 4.78 is 18.6. The maximum absolute atomic E-state index is 13.7. The highest BCUT2D eigenvalue weighted by Gasteiger charge is 2.32. The van der Waals surface area contributed by atoms with Crippen LogP contribution in [-0.4, -0.2) is 24.8 Å². The molecule has 0 aliphatic carbocycles. The zero-order chi connectivity index (χ0) is 27.5. The number of carbonyl (C=O) groups is 1. The van der Waals surface area contributed by atoms with Crippen LogP contribution in [0.4, 0.5) is 0 Å². The quantitative estimate of drug-likeness (QED) is 0.307. The molecule has 0 saturated heterocycles. The number of fused-ring (bicyclic) bond motifs is 1. The van der Waals surface area contributed by atoms with Crippen LogP contribution in [0.2, 0.25) is 5.02 Å². The molecule has 1 aromatic heterocycles. The number of methoxy groups -OCH3 is 2. The first-order valence-corrected chi connectivity index (χ1v) is 13.3. The van der Waals surface area contributed by atoms with Crippen LogP contribution in [0.3, 0.4) is 0 Å². The lowest BCUT2D eigenvalue weighted by atomic mass is 9.96. The van der Waals surface area contributed by atoms with Crippen molar-refractivity contribution >= 4 is 35.0 Å². The van der Waals surface area contributed by atoms with Gasteiger partial charge >= 0.3 is 5.97 Å². The maximum Gasteiger partial charge on any atom is 0.338 e. The molecule has 0 N–H and O–H groups in total. The number of thiazole rings is 1. The Bertz CT molecular complexity index is 1740. The van der Waals surface area contributed by atoms with Crippen LogP contribution in [-0.2, 0) is 16.1 Å². The van der Waals surface area contributed by atoms with E-state index in [9.17, 15) is 9.59 Å². The van der Waals surface area contributed by atoms with E-state index in [0.29, 0.717) is 43.7 Å². The second-order valence-electron chi connectivity index (χ2n) is 8.81. The molecule has 0 bridgehead atoms. The SMILES string of the molecule is COC(=O)C1=C(C)N=c2s/c(=C\c3ccc(OCc4ccc(Cl)cc4)c(OC)c3)c(=O)n2[C@H]1c1ccccc1. The fourth-order valence-electron chi connectivity index (χ4n) is 4.43. The Balaban J connectivity index is 1.53. The lowest BCUT2D eigenvalue weighted by Gasteiger charge is -2.24. The summed E-state index contributed by atoms with van der Waals surface area (Å²) in [5.41, 5.74) is 3.14. The molecule has 4 aromatic rings. The van der Waals surface area contributed by atoms with Crippen molar-refractivity contribution in [1.29, 1.82) is 0 Å². The van der Waals surface area contributed by atoms with E-state index in [-0.39, 0.29) is 5.56 Å². The number of allylic oxidation sites excluding steroid dienone is 1. The first-order valence-electron chi connectivity index (χ1n) is 12.1. The van der Waals surface area contributed by atoms with Gasteiger partial charge in [-0.3, -0.25) is 9.36 Å². The van der Waals surface area contributed by atoms with Crippen LogP contribution in [0.1, 0.15) is 29.7 Å². The van der Waals surface area contributed by atoms with Crippen LogP contribution in [0.25, 0.3) is 6.08 Å². The van der Waals surface area contributed by atoms with E-state index < -0.39 is 12.0 Å². The van der Waals surface area contributed by atoms with Gasteiger partial charge in [-0.1, -0.05) is 71.5 Å². The Kier molecular flexibility index (Phi) is 7.67. The third kappa shape index (κ3) is 5.39. The van der Waals surface area contributed by atoms with E-state index in [1.54, 1.807) is 24.7 Å². The number of benzene rings is 3. The van der Waals surface area contributed by atoms with Gasteiger partial charge in [0, 0.05) is 5.02 Å². The molecule has 3 aromatic carbocycles. The van der Waals surface area contributed by atoms with E-state index in [1.165, 1.54) is 18.4 Å². The summed E-state index contributed by atoms with van der Waals surface area (Å²) in [5.74, 6) is 0.600. The Morgan fingerprint density at radius 2 is 1.79 bits per heavy atom. The van der Waals surface area contributed by atoms with E-state index in [1.807, 2.05) is 72.8 Å². The minimum Gasteiger partial charge on any atom is -0.493 e. The van der Waals surface area contributed by atoms with Gasteiger partial charge in [0.2, 0.25) is 0 Å². The van der Waals surface area contributed by atoms with Crippen molar-refractivity contribution in [2.24, 2.45) is 4.99 Å². The molecule has 7 nitrogen and oxygen atoms in total. The number of ether oxygens (including phenoxy) is 3. The summed E-state index contributed by atoms with van der Waals surface area (Å²) in [6, 6.07) is 21.7. The molecule has 1 atom stereocenters. The van der Waals surface area contributed by atoms with E-state index in [0.717, 1.165) is 16.7 Å². The normalized spacial score (nSPS) is 15.0. The lowest BCUT2D eigenvalue weighted by Crippen LogP contribution is -2.39. The number of rotatable bonds is 7. The average molecular weight is 561 g/mol. The third-order valence-electron chi connectivity index (χ3n) is 6.34. The summed E-state index contributed by atoms with van der Waals surface area (Å²) >= 11 is 7.23. The van der Waals surface area contributed by atoms with Crippen molar-refractivity contribution in [2.75, 3.05) is 14.2 Å². The molecule has 2 heterocycles. The minimum absolute atomic E-state index is 0.247. The van der Waals surface area contributed by atoms with Crippen molar-refractivity contribution in [3.05, 3.63) is 125 Å². The van der Waals surface area contributed by atoms with Crippen LogP contribution in [0.5, 0.6) is 11.5 Å². The summed E-state index contributed by atoms with van der Waals surface area (Å²) in [6.07, 6.45) is 1.79. The molecule has 0 unspecified atom stereocenters. The Morgan fingerprint density at radius 3 is 2.49 bits per heavy atom. The predicted molar refractivity (Wildman–Crippen MR) is 151 cm³/mol. The zero-order valence-corrected chi connectivity index (χ0v) is 23.1. The molecule has 9 heteroatoms. The summed E-state index contributed by atoms with van der Waals surface area (Å²) in [4.78, 5) is 31.6. The predicted octanol–water partition coefficient (Wildman–Crippen LogP) is 4.65. The minimum atomic E-state index is -0.643. The van der Waals surface area contributed by atoms with Crippen molar-refractivity contribution < 1.29 is 19.0 Å². The summed E-state index contributed by atoms with van der Waals surface area (Å²) in [5, 5.41) is 0.665. The highest BCUT2D eigenvalue weighted by molar-refractivity contribution is 7.07. The van der Waals surface area contributed by atoms with Crippen molar-refractivity contribution in [1.82, 2.24) is 4.57 Å². The van der Waals surface area contributed by atoms with Gasteiger partial charge in [-0.25, -0.2) is 9.79 Å².